The first-order chi connectivity index (χ1) is 6.77. The molecular weight excluding hydrogens is 204 g/mol. The predicted octanol–water partition coefficient (Wildman–Crippen LogP) is 0.964. The maximum atomic E-state index is 11.0. The summed E-state index contributed by atoms with van der Waals surface area (Å²) < 4.78 is 4.54. The van der Waals surface area contributed by atoms with Crippen molar-refractivity contribution in [2.75, 3.05) is 7.11 Å². The molecule has 14 heavy (non-hydrogen) atoms. The van der Waals surface area contributed by atoms with Gasteiger partial charge in [-0.2, -0.15) is 4.83 Å². The van der Waals surface area contributed by atoms with Crippen LogP contribution in [-0.2, 0) is 4.74 Å². The summed E-state index contributed by atoms with van der Waals surface area (Å²) in [5, 5.41) is 8.25. The van der Waals surface area contributed by atoms with Gasteiger partial charge in [-0.3, -0.25) is 0 Å². The zero-order valence-corrected chi connectivity index (χ0v) is 8.30. The highest BCUT2D eigenvalue weighted by molar-refractivity contribution is 7.97. The second kappa shape index (κ2) is 5.61. The van der Waals surface area contributed by atoms with Crippen molar-refractivity contribution in [3.8, 4) is 0 Å². The van der Waals surface area contributed by atoms with E-state index in [-0.39, 0.29) is 5.97 Å². The highest BCUT2D eigenvalue weighted by Crippen LogP contribution is 2.14. The number of hydrogen-bond donors (Lipinski definition) is 3. The van der Waals surface area contributed by atoms with Crippen molar-refractivity contribution < 1.29 is 14.7 Å². The monoisotopic (exact) mass is 214 g/mol. The van der Waals surface area contributed by atoms with Gasteiger partial charge in [0.2, 0.25) is 0 Å². The number of hydrazine groups is 1. The molecule has 0 heterocycles. The Bertz CT molecular complexity index is 302. The molecule has 6 heteroatoms. The standard InChI is InChI=1S/C8H10N2O3S/c1-13-8(11)6-2-4-7(5-3-6)14-10-9-12/h2-5,9-10,12H,1H3. The van der Waals surface area contributed by atoms with Crippen molar-refractivity contribution in [1.82, 2.24) is 10.4 Å². The largest absolute Gasteiger partial charge is 0.465 e. The molecule has 0 saturated carbocycles. The molecule has 3 N–H and O–H groups in total. The molecule has 0 saturated heterocycles. The van der Waals surface area contributed by atoms with Gasteiger partial charge in [0.05, 0.1) is 12.7 Å². The van der Waals surface area contributed by atoms with E-state index >= 15 is 0 Å². The minimum atomic E-state index is -0.366. The molecule has 76 valence electrons. The maximum absolute atomic E-state index is 11.0. The Morgan fingerprint density at radius 3 is 2.57 bits per heavy atom. The fraction of sp³-hybridized carbons (Fsp3) is 0.125. The quantitative estimate of drug-likeness (QED) is 0.394. The lowest BCUT2D eigenvalue weighted by atomic mass is 10.2. The summed E-state index contributed by atoms with van der Waals surface area (Å²) in [4.78, 5) is 14.3. The number of hydrogen-bond acceptors (Lipinski definition) is 6. The van der Waals surface area contributed by atoms with Crippen molar-refractivity contribution >= 4 is 17.9 Å². The van der Waals surface area contributed by atoms with Crippen LogP contribution in [0.3, 0.4) is 0 Å². The van der Waals surface area contributed by atoms with E-state index in [1.165, 1.54) is 19.1 Å². The smallest absolute Gasteiger partial charge is 0.337 e. The van der Waals surface area contributed by atoms with Crippen LogP contribution in [0, 0.1) is 0 Å². The van der Waals surface area contributed by atoms with Gasteiger partial charge in [0.15, 0.2) is 0 Å². The molecule has 0 radical (unpaired) electrons. The molecule has 0 aliphatic rings. The first-order valence-corrected chi connectivity index (χ1v) is 4.59. The first-order valence-electron chi connectivity index (χ1n) is 3.77. The van der Waals surface area contributed by atoms with Crippen LogP contribution in [0.15, 0.2) is 29.2 Å². The van der Waals surface area contributed by atoms with Crippen molar-refractivity contribution in [2.45, 2.75) is 4.90 Å². The van der Waals surface area contributed by atoms with E-state index in [9.17, 15) is 4.79 Å². The fourth-order valence-electron chi connectivity index (χ4n) is 0.859. The highest BCUT2D eigenvalue weighted by Gasteiger charge is 2.03. The average molecular weight is 214 g/mol. The van der Waals surface area contributed by atoms with Gasteiger partial charge >= 0.3 is 5.97 Å². The Labute approximate surface area is 85.5 Å². The third-order valence-corrected chi connectivity index (χ3v) is 2.19. The van der Waals surface area contributed by atoms with E-state index in [4.69, 9.17) is 5.21 Å². The van der Waals surface area contributed by atoms with Crippen molar-refractivity contribution in [3.63, 3.8) is 0 Å². The van der Waals surface area contributed by atoms with Crippen LogP contribution in [0.5, 0.6) is 0 Å². The molecule has 0 aliphatic heterocycles. The Morgan fingerprint density at radius 2 is 2.07 bits per heavy atom. The van der Waals surface area contributed by atoms with Gasteiger partial charge in [0.25, 0.3) is 0 Å². The summed E-state index contributed by atoms with van der Waals surface area (Å²) in [6, 6.07) is 6.77. The van der Waals surface area contributed by atoms with E-state index in [0.717, 1.165) is 4.90 Å². The van der Waals surface area contributed by atoms with Gasteiger partial charge < -0.3 is 9.94 Å². The van der Waals surface area contributed by atoms with E-state index in [0.29, 0.717) is 5.56 Å². The molecule has 1 rings (SSSR count). The second-order valence-corrected chi connectivity index (χ2v) is 3.21. The van der Waals surface area contributed by atoms with Crippen LogP contribution in [-0.4, -0.2) is 18.3 Å². The minimum absolute atomic E-state index is 0.366. The molecule has 5 nitrogen and oxygen atoms in total. The number of carbonyl (C=O) groups is 1. The lowest BCUT2D eigenvalue weighted by Gasteiger charge is -2.02. The lowest BCUT2D eigenvalue weighted by Crippen LogP contribution is -2.19. The van der Waals surface area contributed by atoms with Gasteiger partial charge in [-0.1, -0.05) is 0 Å². The Kier molecular flexibility index (Phi) is 4.41. The normalized spacial score (nSPS) is 9.86. The van der Waals surface area contributed by atoms with Crippen LogP contribution in [0.25, 0.3) is 0 Å². The SMILES string of the molecule is COC(=O)c1ccc(SNNO)cc1. The van der Waals surface area contributed by atoms with Crippen molar-refractivity contribution in [3.05, 3.63) is 29.8 Å². The molecule has 1 aromatic rings. The number of nitrogens with one attached hydrogen (secondary N) is 2. The fourth-order valence-corrected chi connectivity index (χ4v) is 1.29. The number of ether oxygens (including phenoxy) is 1. The zero-order valence-electron chi connectivity index (χ0n) is 7.48. The van der Waals surface area contributed by atoms with E-state index in [1.807, 2.05) is 0 Å². The van der Waals surface area contributed by atoms with Crippen LogP contribution in [0.2, 0.25) is 0 Å². The molecule has 0 atom stereocenters. The zero-order chi connectivity index (χ0) is 10.4. The number of carbonyl (C=O) groups excluding carboxylic acids is 1. The minimum Gasteiger partial charge on any atom is -0.465 e. The average Bonchev–Trinajstić information content (AvgIpc) is 2.26. The van der Waals surface area contributed by atoms with Crippen molar-refractivity contribution in [2.24, 2.45) is 0 Å². The third-order valence-electron chi connectivity index (χ3n) is 1.49. The molecule has 0 bridgehead atoms. The van der Waals surface area contributed by atoms with E-state index < -0.39 is 0 Å². The summed E-state index contributed by atoms with van der Waals surface area (Å²) in [6.45, 7) is 0. The van der Waals surface area contributed by atoms with E-state index in [2.05, 4.69) is 9.57 Å². The van der Waals surface area contributed by atoms with Crippen LogP contribution < -0.4 is 10.4 Å². The summed E-state index contributed by atoms with van der Waals surface area (Å²) in [6.07, 6.45) is 0. The van der Waals surface area contributed by atoms with E-state index in [1.54, 1.807) is 29.9 Å². The Hall–Kier alpha value is -1.08. The van der Waals surface area contributed by atoms with Gasteiger partial charge in [0, 0.05) is 4.90 Å². The Balaban J connectivity index is 2.63. The molecule has 0 unspecified atom stereocenters. The van der Waals surface area contributed by atoms with Crippen molar-refractivity contribution in [1.29, 1.82) is 0 Å². The number of rotatable bonds is 4. The van der Waals surface area contributed by atoms with Crippen LogP contribution in [0.1, 0.15) is 10.4 Å². The molecule has 0 fully saturated rings. The second-order valence-electron chi connectivity index (χ2n) is 2.33. The summed E-state index contributed by atoms with van der Waals surface area (Å²) in [7, 11) is 1.34. The third kappa shape index (κ3) is 3.00. The molecule has 1 aromatic carbocycles. The van der Waals surface area contributed by atoms with Gasteiger partial charge in [0.1, 0.15) is 0 Å². The molecular formula is C8H10N2O3S. The number of benzene rings is 1. The lowest BCUT2D eigenvalue weighted by molar-refractivity contribution is 0.0600. The molecule has 0 aromatic heterocycles. The van der Waals surface area contributed by atoms with Gasteiger partial charge in [-0.25, -0.2) is 4.79 Å². The molecule has 0 amide bonds. The predicted molar refractivity (Wildman–Crippen MR) is 51.7 cm³/mol. The topological polar surface area (TPSA) is 70.6 Å². The van der Waals surface area contributed by atoms with Crippen LogP contribution >= 0.6 is 11.9 Å². The molecule has 0 spiro atoms. The van der Waals surface area contributed by atoms with Gasteiger partial charge in [-0.15, -0.1) is 5.59 Å². The first kappa shape index (κ1) is 11.0. The summed E-state index contributed by atoms with van der Waals surface area (Å²) >= 11 is 1.19. The molecule has 0 aliphatic carbocycles. The maximum Gasteiger partial charge on any atom is 0.337 e. The number of methoxy groups -OCH3 is 1. The highest BCUT2D eigenvalue weighted by atomic mass is 32.2. The number of esters is 1. The Morgan fingerprint density at radius 1 is 1.43 bits per heavy atom. The summed E-state index contributed by atoms with van der Waals surface area (Å²) in [5.74, 6) is -0.366. The van der Waals surface area contributed by atoms with Gasteiger partial charge in [-0.05, 0) is 36.2 Å². The summed E-state index contributed by atoms with van der Waals surface area (Å²) in [5.41, 5.74) is 2.28. The van der Waals surface area contributed by atoms with Crippen LogP contribution in [0.4, 0.5) is 0 Å².